The van der Waals surface area contributed by atoms with Crippen LogP contribution >= 0.6 is 11.8 Å². The summed E-state index contributed by atoms with van der Waals surface area (Å²) in [5.74, 6) is -1.97. The number of methoxy groups -OCH3 is 1. The van der Waals surface area contributed by atoms with E-state index >= 15 is 0 Å². The third kappa shape index (κ3) is 4.24. The largest absolute Gasteiger partial charge is 0.394 e. The number of benzene rings is 2. The first-order valence-corrected chi connectivity index (χ1v) is 11.0. The molecule has 0 bridgehead atoms. The number of aliphatic hydroxyl groups excluding tert-OH is 3. The molecule has 1 aliphatic heterocycles. The van der Waals surface area contributed by atoms with E-state index in [9.17, 15) is 15.3 Å². The maximum Gasteiger partial charge on any atom is 0.222 e. The number of aliphatic hydroxyl groups is 3. The second-order valence-corrected chi connectivity index (χ2v) is 8.55. The van der Waals surface area contributed by atoms with Crippen LogP contribution in [0.5, 0.6) is 0 Å². The first-order valence-electron chi connectivity index (χ1n) is 9.79. The summed E-state index contributed by atoms with van der Waals surface area (Å²) in [7, 11) is 1.47. The normalized spacial score (nSPS) is 29.8. The Kier molecular flexibility index (Phi) is 7.04. The van der Waals surface area contributed by atoms with Crippen molar-refractivity contribution in [3.05, 3.63) is 64.7 Å². The molecule has 6 heteroatoms. The lowest BCUT2D eigenvalue weighted by Gasteiger charge is -2.48. The van der Waals surface area contributed by atoms with Crippen LogP contribution in [0, 0.1) is 12.8 Å². The zero-order chi connectivity index (χ0) is 21.2. The molecule has 0 unspecified atom stereocenters. The topological polar surface area (TPSA) is 79.2 Å². The molecular formula is C23H30O5S. The first kappa shape index (κ1) is 22.3. The Hall–Kier alpha value is -1.41. The molecule has 158 valence electrons. The minimum absolute atomic E-state index is 0.357. The number of hydrogen-bond acceptors (Lipinski definition) is 6. The Morgan fingerprint density at radius 3 is 2.41 bits per heavy atom. The van der Waals surface area contributed by atoms with Gasteiger partial charge in [0.1, 0.15) is 12.2 Å². The summed E-state index contributed by atoms with van der Waals surface area (Å²) in [5, 5.41) is 30.9. The number of aryl methyl sites for hydroxylation is 1. The Balaban J connectivity index is 1.97. The first-order chi connectivity index (χ1) is 13.9. The molecule has 0 amide bonds. The predicted octanol–water partition coefficient (Wildman–Crippen LogP) is 2.86. The third-order valence-corrected chi connectivity index (χ3v) is 6.67. The second-order valence-electron chi connectivity index (χ2n) is 7.67. The summed E-state index contributed by atoms with van der Waals surface area (Å²) in [4.78, 5) is 1.22. The minimum Gasteiger partial charge on any atom is -0.394 e. The fraction of sp³-hybridized carbons (Fsp3) is 0.478. The average molecular weight is 419 g/mol. The highest BCUT2D eigenvalue weighted by Gasteiger charge is 2.53. The summed E-state index contributed by atoms with van der Waals surface area (Å²) in [6.07, 6.45) is -0.0943. The van der Waals surface area contributed by atoms with Gasteiger partial charge in [-0.25, -0.2) is 0 Å². The van der Waals surface area contributed by atoms with Crippen molar-refractivity contribution in [2.45, 2.75) is 49.3 Å². The van der Waals surface area contributed by atoms with Gasteiger partial charge >= 0.3 is 0 Å². The summed E-state index contributed by atoms with van der Waals surface area (Å²) in [5.41, 5.74) is 4.10. The Morgan fingerprint density at radius 2 is 1.83 bits per heavy atom. The molecule has 0 spiro atoms. The Labute approximate surface area is 176 Å². The minimum atomic E-state index is -1.45. The van der Waals surface area contributed by atoms with Gasteiger partial charge in [-0.05, 0) is 54.5 Å². The Bertz CT molecular complexity index is 823. The number of hydrogen-bond donors (Lipinski definition) is 3. The SMILES string of the molecule is CO[C@@]1(c2ccc(C)c(Cc3ccc(SC)cc3)c2)O[C@H](CO)[C@@H](O)[C@H](C)[C@H]1O. The van der Waals surface area contributed by atoms with Gasteiger partial charge in [0.15, 0.2) is 0 Å². The molecule has 1 heterocycles. The molecule has 0 aliphatic carbocycles. The van der Waals surface area contributed by atoms with Gasteiger partial charge < -0.3 is 24.8 Å². The van der Waals surface area contributed by atoms with E-state index in [0.717, 1.165) is 17.5 Å². The molecule has 2 aromatic carbocycles. The lowest BCUT2D eigenvalue weighted by molar-refractivity contribution is -0.357. The fourth-order valence-corrected chi connectivity index (χ4v) is 4.36. The molecule has 2 aromatic rings. The lowest BCUT2D eigenvalue weighted by atomic mass is 9.81. The van der Waals surface area contributed by atoms with Crippen LogP contribution in [0.2, 0.25) is 0 Å². The van der Waals surface area contributed by atoms with Gasteiger partial charge in [0.2, 0.25) is 5.79 Å². The second kappa shape index (κ2) is 9.16. The highest BCUT2D eigenvalue weighted by Crippen LogP contribution is 2.42. The molecule has 1 aliphatic rings. The van der Waals surface area contributed by atoms with Gasteiger partial charge in [0.25, 0.3) is 0 Å². The Morgan fingerprint density at radius 1 is 1.14 bits per heavy atom. The van der Waals surface area contributed by atoms with Crippen LogP contribution in [0.15, 0.2) is 47.4 Å². The molecule has 29 heavy (non-hydrogen) atoms. The highest BCUT2D eigenvalue weighted by atomic mass is 32.2. The van der Waals surface area contributed by atoms with Crippen LogP contribution in [0.25, 0.3) is 0 Å². The highest BCUT2D eigenvalue weighted by molar-refractivity contribution is 7.98. The zero-order valence-corrected chi connectivity index (χ0v) is 18.1. The zero-order valence-electron chi connectivity index (χ0n) is 17.3. The van der Waals surface area contributed by atoms with Gasteiger partial charge in [-0.1, -0.05) is 31.2 Å². The van der Waals surface area contributed by atoms with Crippen molar-refractivity contribution in [3.63, 3.8) is 0 Å². The van der Waals surface area contributed by atoms with Crippen molar-refractivity contribution >= 4 is 11.8 Å². The summed E-state index contributed by atoms with van der Waals surface area (Å²) >= 11 is 1.71. The molecule has 5 nitrogen and oxygen atoms in total. The lowest BCUT2D eigenvalue weighted by Crippen LogP contribution is -2.60. The van der Waals surface area contributed by atoms with Gasteiger partial charge in [0.05, 0.1) is 12.7 Å². The van der Waals surface area contributed by atoms with E-state index in [1.165, 1.54) is 17.6 Å². The molecule has 1 fully saturated rings. The van der Waals surface area contributed by atoms with Crippen LogP contribution in [0.1, 0.15) is 29.2 Å². The van der Waals surface area contributed by atoms with E-state index < -0.39 is 30.0 Å². The summed E-state index contributed by atoms with van der Waals surface area (Å²) in [6.45, 7) is 3.43. The molecule has 5 atom stereocenters. The fourth-order valence-electron chi connectivity index (χ4n) is 3.95. The van der Waals surface area contributed by atoms with Crippen LogP contribution < -0.4 is 0 Å². The van der Waals surface area contributed by atoms with E-state index in [-0.39, 0.29) is 6.61 Å². The number of thioether (sulfide) groups is 1. The van der Waals surface area contributed by atoms with Crippen LogP contribution in [0.4, 0.5) is 0 Å². The molecule has 0 radical (unpaired) electrons. The smallest absolute Gasteiger partial charge is 0.222 e. The molecule has 1 saturated heterocycles. The van der Waals surface area contributed by atoms with Gasteiger partial charge in [-0.15, -0.1) is 11.8 Å². The van der Waals surface area contributed by atoms with Gasteiger partial charge in [-0.3, -0.25) is 0 Å². The van der Waals surface area contributed by atoms with Crippen LogP contribution in [-0.4, -0.2) is 53.6 Å². The van der Waals surface area contributed by atoms with E-state index in [2.05, 4.69) is 37.4 Å². The molecule has 0 aromatic heterocycles. The third-order valence-electron chi connectivity index (χ3n) is 5.92. The van der Waals surface area contributed by atoms with Crippen molar-refractivity contribution in [1.29, 1.82) is 0 Å². The van der Waals surface area contributed by atoms with Gasteiger partial charge in [0, 0.05) is 23.5 Å². The van der Waals surface area contributed by atoms with Crippen molar-refractivity contribution < 1.29 is 24.8 Å². The van der Waals surface area contributed by atoms with Crippen molar-refractivity contribution in [3.8, 4) is 0 Å². The molecule has 3 N–H and O–H groups in total. The quantitative estimate of drug-likeness (QED) is 0.626. The molecular weight excluding hydrogens is 388 g/mol. The number of ether oxygens (including phenoxy) is 2. The van der Waals surface area contributed by atoms with Crippen LogP contribution in [0.3, 0.4) is 0 Å². The molecule has 0 saturated carbocycles. The van der Waals surface area contributed by atoms with Crippen molar-refractivity contribution in [2.75, 3.05) is 20.0 Å². The monoisotopic (exact) mass is 418 g/mol. The standard InChI is InChI=1S/C23H30O5S/c1-14-5-8-18(12-17(14)11-16-6-9-19(29-4)10-7-16)23(27-3)22(26)15(2)21(25)20(13-24)28-23/h5-10,12,15,20-22,24-26H,11,13H2,1-4H3/t15-,20+,21-,22+,23-/m0/s1. The summed E-state index contributed by atoms with van der Waals surface area (Å²) < 4.78 is 11.7. The summed E-state index contributed by atoms with van der Waals surface area (Å²) in [6, 6.07) is 14.3. The van der Waals surface area contributed by atoms with E-state index in [4.69, 9.17) is 9.47 Å². The van der Waals surface area contributed by atoms with Gasteiger partial charge in [-0.2, -0.15) is 0 Å². The maximum atomic E-state index is 10.9. The van der Waals surface area contributed by atoms with Crippen molar-refractivity contribution in [2.24, 2.45) is 5.92 Å². The van der Waals surface area contributed by atoms with Crippen molar-refractivity contribution in [1.82, 2.24) is 0 Å². The van der Waals surface area contributed by atoms with E-state index in [1.54, 1.807) is 18.7 Å². The predicted molar refractivity (Wildman–Crippen MR) is 114 cm³/mol. The van der Waals surface area contributed by atoms with E-state index in [1.807, 2.05) is 18.2 Å². The maximum absolute atomic E-state index is 10.9. The van der Waals surface area contributed by atoms with Crippen LogP contribution in [-0.2, 0) is 21.7 Å². The van der Waals surface area contributed by atoms with E-state index in [0.29, 0.717) is 5.56 Å². The number of rotatable bonds is 6. The average Bonchev–Trinajstić information content (AvgIpc) is 2.75. The molecule has 3 rings (SSSR count).